The summed E-state index contributed by atoms with van der Waals surface area (Å²) in [5.41, 5.74) is 5.21. The number of carbonyl (C=O) groups is 2. The van der Waals surface area contributed by atoms with Gasteiger partial charge in [0.2, 0.25) is 0 Å². The van der Waals surface area contributed by atoms with Crippen LogP contribution in [0.25, 0.3) is 0 Å². The van der Waals surface area contributed by atoms with Crippen molar-refractivity contribution in [3.8, 4) is 0 Å². The number of hydrogen-bond donors (Lipinski definition) is 0. The molecule has 0 unspecified atom stereocenters. The highest BCUT2D eigenvalue weighted by atomic mass is 16.2. The number of nitrogens with zero attached hydrogens (tertiary/aromatic N) is 2. The van der Waals surface area contributed by atoms with Crippen LogP contribution in [-0.2, 0) is 16.1 Å². The fourth-order valence-corrected chi connectivity index (χ4v) is 3.09. The van der Waals surface area contributed by atoms with Crippen LogP contribution in [0, 0.1) is 20.8 Å². The monoisotopic (exact) mass is 322 g/mol. The number of amides is 2. The fraction of sp³-hybridized carbons (Fsp3) is 0.300. The van der Waals surface area contributed by atoms with Gasteiger partial charge in [-0.05, 0) is 49.6 Å². The molecule has 1 heterocycles. The Morgan fingerprint density at radius 2 is 1.42 bits per heavy atom. The number of piperazine rings is 1. The summed E-state index contributed by atoms with van der Waals surface area (Å²) < 4.78 is 0. The molecule has 2 aromatic carbocycles. The Labute approximate surface area is 142 Å². The first kappa shape index (κ1) is 16.2. The lowest BCUT2D eigenvalue weighted by Gasteiger charge is -2.34. The van der Waals surface area contributed by atoms with E-state index in [1.807, 2.05) is 57.2 Å². The standard InChI is InChI=1S/C20H22N2O2/c1-14-4-6-17(7-5-14)13-21-8-9-22(20(24)19(21)23)18-11-15(2)10-16(3)12-18/h4-7,10-12H,8-9,13H2,1-3H3. The highest BCUT2D eigenvalue weighted by Crippen LogP contribution is 2.22. The molecule has 0 spiro atoms. The lowest BCUT2D eigenvalue weighted by Crippen LogP contribution is -2.54. The molecular weight excluding hydrogens is 300 g/mol. The van der Waals surface area contributed by atoms with Crippen LogP contribution in [0.4, 0.5) is 5.69 Å². The molecule has 0 aliphatic carbocycles. The normalized spacial score (nSPS) is 15.1. The Balaban J connectivity index is 1.76. The number of aryl methyl sites for hydroxylation is 3. The van der Waals surface area contributed by atoms with Gasteiger partial charge in [-0.25, -0.2) is 0 Å². The van der Waals surface area contributed by atoms with Crippen molar-refractivity contribution in [3.63, 3.8) is 0 Å². The van der Waals surface area contributed by atoms with Gasteiger partial charge in [-0.3, -0.25) is 9.59 Å². The minimum absolute atomic E-state index is 0.430. The average Bonchev–Trinajstić information content (AvgIpc) is 2.53. The molecule has 1 saturated heterocycles. The minimum Gasteiger partial charge on any atom is -0.328 e. The van der Waals surface area contributed by atoms with E-state index in [0.29, 0.717) is 19.6 Å². The molecule has 2 aromatic rings. The third kappa shape index (κ3) is 3.32. The molecular formula is C20H22N2O2. The second-order valence-corrected chi connectivity index (χ2v) is 6.52. The third-order valence-corrected chi connectivity index (χ3v) is 4.32. The summed E-state index contributed by atoms with van der Waals surface area (Å²) in [5, 5.41) is 0. The van der Waals surface area contributed by atoms with Crippen molar-refractivity contribution in [3.05, 3.63) is 64.7 Å². The molecule has 4 nitrogen and oxygen atoms in total. The van der Waals surface area contributed by atoms with Gasteiger partial charge >= 0.3 is 11.8 Å². The van der Waals surface area contributed by atoms with E-state index in [9.17, 15) is 9.59 Å². The van der Waals surface area contributed by atoms with Crippen LogP contribution in [0.3, 0.4) is 0 Å². The molecule has 1 fully saturated rings. The van der Waals surface area contributed by atoms with Gasteiger partial charge in [0, 0.05) is 25.3 Å². The number of rotatable bonds is 3. The van der Waals surface area contributed by atoms with Crippen molar-refractivity contribution in [2.45, 2.75) is 27.3 Å². The van der Waals surface area contributed by atoms with E-state index in [4.69, 9.17) is 0 Å². The second-order valence-electron chi connectivity index (χ2n) is 6.52. The second kappa shape index (κ2) is 6.48. The van der Waals surface area contributed by atoms with Crippen LogP contribution >= 0.6 is 0 Å². The summed E-state index contributed by atoms with van der Waals surface area (Å²) >= 11 is 0. The van der Waals surface area contributed by atoms with Crippen molar-refractivity contribution >= 4 is 17.5 Å². The fourth-order valence-electron chi connectivity index (χ4n) is 3.09. The first-order valence-electron chi connectivity index (χ1n) is 8.18. The predicted molar refractivity (Wildman–Crippen MR) is 94.9 cm³/mol. The van der Waals surface area contributed by atoms with Crippen LogP contribution in [0.15, 0.2) is 42.5 Å². The van der Waals surface area contributed by atoms with E-state index in [2.05, 4.69) is 6.07 Å². The van der Waals surface area contributed by atoms with Crippen LogP contribution in [0.2, 0.25) is 0 Å². The molecule has 4 heteroatoms. The predicted octanol–water partition coefficient (Wildman–Crippen LogP) is 2.99. The Morgan fingerprint density at radius 1 is 0.792 bits per heavy atom. The lowest BCUT2D eigenvalue weighted by molar-refractivity contribution is -0.146. The SMILES string of the molecule is Cc1ccc(CN2CCN(c3cc(C)cc(C)c3)C(=O)C2=O)cc1. The molecule has 24 heavy (non-hydrogen) atoms. The smallest absolute Gasteiger partial charge is 0.316 e. The van der Waals surface area contributed by atoms with E-state index in [-0.39, 0.29) is 0 Å². The molecule has 0 bridgehead atoms. The number of hydrogen-bond acceptors (Lipinski definition) is 2. The Kier molecular flexibility index (Phi) is 4.38. The van der Waals surface area contributed by atoms with Gasteiger partial charge in [0.25, 0.3) is 0 Å². The van der Waals surface area contributed by atoms with Crippen LogP contribution in [-0.4, -0.2) is 29.8 Å². The maximum Gasteiger partial charge on any atom is 0.316 e. The van der Waals surface area contributed by atoms with Crippen molar-refractivity contribution in [1.29, 1.82) is 0 Å². The van der Waals surface area contributed by atoms with Gasteiger partial charge in [-0.2, -0.15) is 0 Å². The minimum atomic E-state index is -0.446. The topological polar surface area (TPSA) is 40.6 Å². The Bertz CT molecular complexity index is 760. The van der Waals surface area contributed by atoms with Crippen molar-refractivity contribution in [2.75, 3.05) is 18.0 Å². The maximum atomic E-state index is 12.5. The van der Waals surface area contributed by atoms with E-state index in [1.54, 1.807) is 9.80 Å². The first-order valence-corrected chi connectivity index (χ1v) is 8.18. The van der Waals surface area contributed by atoms with E-state index in [0.717, 1.165) is 22.4 Å². The molecule has 2 amide bonds. The molecule has 0 saturated carbocycles. The molecule has 3 rings (SSSR count). The molecule has 124 valence electrons. The number of anilines is 1. The lowest BCUT2D eigenvalue weighted by atomic mass is 10.1. The van der Waals surface area contributed by atoms with E-state index >= 15 is 0 Å². The molecule has 1 aliphatic heterocycles. The summed E-state index contributed by atoms with van der Waals surface area (Å²) in [4.78, 5) is 28.2. The first-order chi connectivity index (χ1) is 11.4. The quantitative estimate of drug-likeness (QED) is 0.815. The zero-order valence-corrected chi connectivity index (χ0v) is 14.4. The average molecular weight is 322 g/mol. The van der Waals surface area contributed by atoms with Gasteiger partial charge in [0.1, 0.15) is 0 Å². The highest BCUT2D eigenvalue weighted by Gasteiger charge is 2.33. The van der Waals surface area contributed by atoms with Crippen LogP contribution in [0.1, 0.15) is 22.3 Å². The van der Waals surface area contributed by atoms with Gasteiger partial charge in [-0.15, -0.1) is 0 Å². The molecule has 0 atom stereocenters. The van der Waals surface area contributed by atoms with Crippen LogP contribution in [0.5, 0.6) is 0 Å². The van der Waals surface area contributed by atoms with E-state index in [1.165, 1.54) is 5.56 Å². The summed E-state index contributed by atoms with van der Waals surface area (Å²) in [7, 11) is 0. The number of carbonyl (C=O) groups excluding carboxylic acids is 2. The largest absolute Gasteiger partial charge is 0.328 e. The maximum absolute atomic E-state index is 12.5. The van der Waals surface area contributed by atoms with Gasteiger partial charge in [0.05, 0.1) is 0 Å². The Hall–Kier alpha value is -2.62. The van der Waals surface area contributed by atoms with Gasteiger partial charge in [-0.1, -0.05) is 35.9 Å². The van der Waals surface area contributed by atoms with Crippen molar-refractivity contribution < 1.29 is 9.59 Å². The van der Waals surface area contributed by atoms with E-state index < -0.39 is 11.8 Å². The summed E-state index contributed by atoms with van der Waals surface area (Å²) in [6.45, 7) is 7.57. The Morgan fingerprint density at radius 3 is 2.04 bits per heavy atom. The highest BCUT2D eigenvalue weighted by molar-refractivity contribution is 6.40. The molecule has 1 aliphatic rings. The van der Waals surface area contributed by atoms with Crippen molar-refractivity contribution in [2.24, 2.45) is 0 Å². The molecule has 0 radical (unpaired) electrons. The van der Waals surface area contributed by atoms with Gasteiger partial charge < -0.3 is 9.80 Å². The van der Waals surface area contributed by atoms with Gasteiger partial charge in [0.15, 0.2) is 0 Å². The summed E-state index contributed by atoms with van der Waals surface area (Å²) in [6.07, 6.45) is 0. The van der Waals surface area contributed by atoms with Crippen molar-refractivity contribution in [1.82, 2.24) is 4.90 Å². The number of benzene rings is 2. The van der Waals surface area contributed by atoms with Crippen LogP contribution < -0.4 is 4.90 Å². The third-order valence-electron chi connectivity index (χ3n) is 4.32. The molecule has 0 N–H and O–H groups in total. The zero-order valence-electron chi connectivity index (χ0n) is 14.4. The summed E-state index contributed by atoms with van der Waals surface area (Å²) in [5.74, 6) is -0.876. The summed E-state index contributed by atoms with van der Waals surface area (Å²) in [6, 6.07) is 14.0. The molecule has 0 aromatic heterocycles. The zero-order chi connectivity index (χ0) is 17.3.